The molecule has 0 atom stereocenters. The van der Waals surface area contributed by atoms with E-state index in [-0.39, 0.29) is 11.7 Å². The third-order valence-corrected chi connectivity index (χ3v) is 3.36. The molecule has 2 aromatic rings. The van der Waals surface area contributed by atoms with E-state index in [4.69, 9.17) is 9.26 Å². The van der Waals surface area contributed by atoms with E-state index in [0.717, 1.165) is 26.1 Å². The molecule has 1 saturated heterocycles. The highest BCUT2D eigenvalue weighted by atomic mass is 19.1. The number of hydrogen-bond donors (Lipinski definition) is 0. The van der Waals surface area contributed by atoms with Crippen molar-refractivity contribution in [3.8, 4) is 0 Å². The van der Waals surface area contributed by atoms with Crippen LogP contribution in [0.1, 0.15) is 36.0 Å². The third kappa shape index (κ3) is 2.81. The standard InChI is InChI=1S/C14H15FN2O2/c15-12-4-2-1-3-11(12)9-13-16-14(19-17-13)10-5-7-18-8-6-10/h1-4,10H,5-9H2. The Labute approximate surface area is 110 Å². The predicted molar refractivity (Wildman–Crippen MR) is 66.3 cm³/mol. The van der Waals surface area contributed by atoms with Crippen LogP contribution in [0.15, 0.2) is 28.8 Å². The summed E-state index contributed by atoms with van der Waals surface area (Å²) in [6.45, 7) is 1.46. The van der Waals surface area contributed by atoms with Crippen LogP contribution in [0.2, 0.25) is 0 Å². The van der Waals surface area contributed by atoms with Crippen LogP contribution in [-0.2, 0) is 11.2 Å². The number of hydrogen-bond acceptors (Lipinski definition) is 4. The lowest BCUT2D eigenvalue weighted by Crippen LogP contribution is -2.14. The third-order valence-electron chi connectivity index (χ3n) is 3.36. The lowest BCUT2D eigenvalue weighted by Gasteiger charge is -2.17. The highest BCUT2D eigenvalue weighted by Gasteiger charge is 2.22. The first-order valence-corrected chi connectivity index (χ1v) is 6.46. The van der Waals surface area contributed by atoms with Gasteiger partial charge in [0.1, 0.15) is 5.82 Å². The molecule has 0 aliphatic carbocycles. The average Bonchev–Trinajstić information content (AvgIpc) is 2.91. The normalized spacial score (nSPS) is 16.7. The molecule has 0 saturated carbocycles. The van der Waals surface area contributed by atoms with E-state index in [1.54, 1.807) is 18.2 Å². The average molecular weight is 262 g/mol. The van der Waals surface area contributed by atoms with Crippen molar-refractivity contribution in [2.24, 2.45) is 0 Å². The number of nitrogens with zero attached hydrogens (tertiary/aromatic N) is 2. The molecule has 1 fully saturated rings. The molecule has 0 unspecified atom stereocenters. The molecule has 19 heavy (non-hydrogen) atoms. The van der Waals surface area contributed by atoms with Crippen molar-refractivity contribution in [2.45, 2.75) is 25.2 Å². The van der Waals surface area contributed by atoms with Gasteiger partial charge in [-0.25, -0.2) is 4.39 Å². The van der Waals surface area contributed by atoms with Crippen molar-refractivity contribution in [1.29, 1.82) is 0 Å². The lowest BCUT2D eigenvalue weighted by atomic mass is 10.0. The van der Waals surface area contributed by atoms with Crippen molar-refractivity contribution in [2.75, 3.05) is 13.2 Å². The van der Waals surface area contributed by atoms with Crippen molar-refractivity contribution in [1.82, 2.24) is 10.1 Å². The van der Waals surface area contributed by atoms with Crippen molar-refractivity contribution < 1.29 is 13.7 Å². The summed E-state index contributed by atoms with van der Waals surface area (Å²) in [5.41, 5.74) is 0.585. The fraction of sp³-hybridized carbons (Fsp3) is 0.429. The number of halogens is 1. The molecular weight excluding hydrogens is 247 g/mol. The van der Waals surface area contributed by atoms with E-state index >= 15 is 0 Å². The maximum absolute atomic E-state index is 13.5. The quantitative estimate of drug-likeness (QED) is 0.853. The van der Waals surface area contributed by atoms with E-state index in [1.165, 1.54) is 6.07 Å². The van der Waals surface area contributed by atoms with Crippen LogP contribution in [0.25, 0.3) is 0 Å². The van der Waals surface area contributed by atoms with Crippen molar-refractivity contribution in [3.05, 3.63) is 47.4 Å². The Kier molecular flexibility index (Phi) is 3.55. The summed E-state index contributed by atoms with van der Waals surface area (Å²) in [6, 6.07) is 6.65. The Morgan fingerprint density at radius 1 is 1.21 bits per heavy atom. The highest BCUT2D eigenvalue weighted by molar-refractivity contribution is 5.20. The SMILES string of the molecule is Fc1ccccc1Cc1noc(C2CCOCC2)n1. The zero-order valence-electron chi connectivity index (χ0n) is 10.5. The molecule has 1 aromatic carbocycles. The van der Waals surface area contributed by atoms with Crippen molar-refractivity contribution >= 4 is 0 Å². The summed E-state index contributed by atoms with van der Waals surface area (Å²) < 4.78 is 24.1. The largest absolute Gasteiger partial charge is 0.381 e. The zero-order valence-corrected chi connectivity index (χ0v) is 10.5. The van der Waals surface area contributed by atoms with E-state index in [2.05, 4.69) is 10.1 Å². The maximum Gasteiger partial charge on any atom is 0.229 e. The van der Waals surface area contributed by atoms with Gasteiger partial charge in [0.15, 0.2) is 5.82 Å². The summed E-state index contributed by atoms with van der Waals surface area (Å²) in [7, 11) is 0. The molecule has 0 bridgehead atoms. The minimum Gasteiger partial charge on any atom is -0.381 e. The second-order valence-electron chi connectivity index (χ2n) is 4.70. The molecule has 1 aliphatic rings. The molecule has 2 heterocycles. The van der Waals surface area contributed by atoms with Gasteiger partial charge in [-0.3, -0.25) is 0 Å². The highest BCUT2D eigenvalue weighted by Crippen LogP contribution is 2.25. The minimum absolute atomic E-state index is 0.236. The fourth-order valence-electron chi connectivity index (χ4n) is 2.26. The second-order valence-corrected chi connectivity index (χ2v) is 4.70. The predicted octanol–water partition coefficient (Wildman–Crippen LogP) is 2.69. The monoisotopic (exact) mass is 262 g/mol. The molecular formula is C14H15FN2O2. The smallest absolute Gasteiger partial charge is 0.229 e. The molecule has 0 spiro atoms. The summed E-state index contributed by atoms with van der Waals surface area (Å²) >= 11 is 0. The molecule has 1 aromatic heterocycles. The Hall–Kier alpha value is -1.75. The van der Waals surface area contributed by atoms with Crippen LogP contribution in [-0.4, -0.2) is 23.4 Å². The van der Waals surface area contributed by atoms with Crippen LogP contribution in [0.4, 0.5) is 4.39 Å². The lowest BCUT2D eigenvalue weighted by molar-refractivity contribution is 0.0778. The van der Waals surface area contributed by atoms with Gasteiger partial charge in [0.25, 0.3) is 0 Å². The summed E-state index contributed by atoms with van der Waals surface area (Å²) in [5.74, 6) is 1.22. The van der Waals surface area contributed by atoms with Gasteiger partial charge < -0.3 is 9.26 Å². The second kappa shape index (κ2) is 5.48. The summed E-state index contributed by atoms with van der Waals surface area (Å²) in [6.07, 6.45) is 2.17. The molecule has 100 valence electrons. The van der Waals surface area contributed by atoms with E-state index in [1.807, 2.05) is 0 Å². The number of benzene rings is 1. The Morgan fingerprint density at radius 2 is 2.00 bits per heavy atom. The molecule has 4 nitrogen and oxygen atoms in total. The first kappa shape index (κ1) is 12.3. The zero-order chi connectivity index (χ0) is 13.1. The van der Waals surface area contributed by atoms with Crippen LogP contribution >= 0.6 is 0 Å². The number of aromatic nitrogens is 2. The minimum atomic E-state index is -0.236. The molecule has 0 radical (unpaired) electrons. The van der Waals surface area contributed by atoms with Gasteiger partial charge >= 0.3 is 0 Å². The topological polar surface area (TPSA) is 48.2 Å². The number of rotatable bonds is 3. The Morgan fingerprint density at radius 3 is 2.79 bits per heavy atom. The van der Waals surface area contributed by atoms with Crippen LogP contribution in [0, 0.1) is 5.82 Å². The Bertz CT molecular complexity index is 550. The van der Waals surface area contributed by atoms with Gasteiger partial charge in [-0.1, -0.05) is 23.4 Å². The molecule has 1 aliphatic heterocycles. The molecule has 3 rings (SSSR count). The molecule has 5 heteroatoms. The number of ether oxygens (including phenoxy) is 1. The maximum atomic E-state index is 13.5. The molecule has 0 N–H and O–H groups in total. The first-order chi connectivity index (χ1) is 9.33. The van der Waals surface area contributed by atoms with Gasteiger partial charge in [0.2, 0.25) is 5.89 Å². The van der Waals surface area contributed by atoms with Gasteiger partial charge in [0.05, 0.1) is 0 Å². The van der Waals surface area contributed by atoms with E-state index in [0.29, 0.717) is 23.7 Å². The fourth-order valence-corrected chi connectivity index (χ4v) is 2.26. The van der Waals surface area contributed by atoms with Gasteiger partial charge in [-0.2, -0.15) is 4.98 Å². The van der Waals surface area contributed by atoms with E-state index in [9.17, 15) is 4.39 Å². The first-order valence-electron chi connectivity index (χ1n) is 6.46. The summed E-state index contributed by atoms with van der Waals surface area (Å²) in [4.78, 5) is 4.37. The van der Waals surface area contributed by atoms with Gasteiger partial charge in [-0.05, 0) is 24.5 Å². The Balaban J connectivity index is 1.73. The molecule has 0 amide bonds. The van der Waals surface area contributed by atoms with E-state index < -0.39 is 0 Å². The van der Waals surface area contributed by atoms with Crippen LogP contribution in [0.3, 0.4) is 0 Å². The van der Waals surface area contributed by atoms with Crippen LogP contribution < -0.4 is 0 Å². The van der Waals surface area contributed by atoms with Crippen LogP contribution in [0.5, 0.6) is 0 Å². The summed E-state index contributed by atoms with van der Waals surface area (Å²) in [5, 5.41) is 3.93. The van der Waals surface area contributed by atoms with Gasteiger partial charge in [0, 0.05) is 25.6 Å². The van der Waals surface area contributed by atoms with Gasteiger partial charge in [-0.15, -0.1) is 0 Å². The van der Waals surface area contributed by atoms with Crippen molar-refractivity contribution in [3.63, 3.8) is 0 Å².